The molecule has 0 saturated carbocycles. The molecule has 2 aromatic carbocycles. The van der Waals surface area contributed by atoms with Crippen molar-refractivity contribution >= 4 is 34.7 Å². The lowest BCUT2D eigenvalue weighted by Crippen LogP contribution is -2.29. The van der Waals surface area contributed by atoms with Gasteiger partial charge in [-0.25, -0.2) is 4.39 Å². The molecule has 0 spiro atoms. The second-order valence-corrected chi connectivity index (χ2v) is 8.15. The number of aromatic nitrogens is 1. The molecular weight excluding hydrogens is 447 g/mol. The van der Waals surface area contributed by atoms with Crippen molar-refractivity contribution in [3.05, 3.63) is 94.5 Å². The van der Waals surface area contributed by atoms with Gasteiger partial charge in [0.25, 0.3) is 11.7 Å². The van der Waals surface area contributed by atoms with Crippen molar-refractivity contribution in [2.45, 2.75) is 26.0 Å². The summed E-state index contributed by atoms with van der Waals surface area (Å²) in [5.41, 5.74) is 0.984. The van der Waals surface area contributed by atoms with E-state index in [0.29, 0.717) is 16.9 Å². The van der Waals surface area contributed by atoms with Crippen LogP contribution in [0.2, 0.25) is 5.02 Å². The third-order valence-electron chi connectivity index (χ3n) is 5.13. The van der Waals surface area contributed by atoms with E-state index in [9.17, 15) is 19.1 Å². The number of amides is 1. The van der Waals surface area contributed by atoms with Crippen LogP contribution >= 0.6 is 11.6 Å². The molecule has 1 fully saturated rings. The first-order chi connectivity index (χ1) is 15.8. The SMILES string of the molecule is CC(C)Oc1cccc(/C(O)=C2\C(=O)C(=O)N(c3ccc(F)c(Cl)c3)C2c2ccncc2)c1. The highest BCUT2D eigenvalue weighted by molar-refractivity contribution is 6.51. The summed E-state index contributed by atoms with van der Waals surface area (Å²) in [6.45, 7) is 3.74. The standard InChI is InChI=1S/C25H20ClFN2O4/c1-14(2)33-18-5-3-4-16(12-18)23(30)21-22(15-8-10-28-11-9-15)29(25(32)24(21)31)17-6-7-20(27)19(26)13-17/h3-14,22,30H,1-2H3/b23-21+. The number of carbonyl (C=O) groups excluding carboxylic acids is 2. The fourth-order valence-corrected chi connectivity index (χ4v) is 3.91. The van der Waals surface area contributed by atoms with Crippen LogP contribution in [0.4, 0.5) is 10.1 Å². The normalized spacial score (nSPS) is 17.6. The lowest BCUT2D eigenvalue weighted by molar-refractivity contribution is -0.132. The predicted molar refractivity (Wildman–Crippen MR) is 123 cm³/mol. The van der Waals surface area contributed by atoms with E-state index >= 15 is 0 Å². The van der Waals surface area contributed by atoms with E-state index < -0.39 is 23.5 Å². The van der Waals surface area contributed by atoms with Gasteiger partial charge in [0.1, 0.15) is 17.3 Å². The minimum atomic E-state index is -0.968. The first-order valence-electron chi connectivity index (χ1n) is 10.2. The van der Waals surface area contributed by atoms with Gasteiger partial charge < -0.3 is 9.84 Å². The third kappa shape index (κ3) is 4.32. The van der Waals surface area contributed by atoms with Crippen molar-refractivity contribution < 1.29 is 23.8 Å². The molecule has 1 N–H and O–H groups in total. The highest BCUT2D eigenvalue weighted by Crippen LogP contribution is 2.42. The van der Waals surface area contributed by atoms with Crippen LogP contribution in [0, 0.1) is 5.82 Å². The van der Waals surface area contributed by atoms with E-state index in [1.54, 1.807) is 36.4 Å². The van der Waals surface area contributed by atoms with Gasteiger partial charge in [-0.1, -0.05) is 23.7 Å². The summed E-state index contributed by atoms with van der Waals surface area (Å²) < 4.78 is 19.4. The van der Waals surface area contributed by atoms with E-state index in [2.05, 4.69) is 4.98 Å². The van der Waals surface area contributed by atoms with Crippen LogP contribution < -0.4 is 9.64 Å². The zero-order valence-corrected chi connectivity index (χ0v) is 18.6. The minimum absolute atomic E-state index is 0.0898. The molecule has 168 valence electrons. The Balaban J connectivity index is 1.90. The lowest BCUT2D eigenvalue weighted by Gasteiger charge is -2.25. The summed E-state index contributed by atoms with van der Waals surface area (Å²) in [5, 5.41) is 11.0. The van der Waals surface area contributed by atoms with E-state index in [-0.39, 0.29) is 28.1 Å². The molecule has 33 heavy (non-hydrogen) atoms. The number of halogens is 2. The summed E-state index contributed by atoms with van der Waals surface area (Å²) >= 11 is 5.94. The Labute approximate surface area is 194 Å². The van der Waals surface area contributed by atoms with Crippen LogP contribution in [0.3, 0.4) is 0 Å². The Morgan fingerprint density at radius 1 is 1.12 bits per heavy atom. The van der Waals surface area contributed by atoms with Gasteiger partial charge in [-0.05, 0) is 61.9 Å². The molecule has 1 atom stereocenters. The maximum atomic E-state index is 13.8. The van der Waals surface area contributed by atoms with Crippen LogP contribution in [-0.4, -0.2) is 27.9 Å². The molecule has 1 saturated heterocycles. The smallest absolute Gasteiger partial charge is 0.300 e. The fourth-order valence-electron chi connectivity index (χ4n) is 3.74. The quantitative estimate of drug-likeness (QED) is 0.314. The number of hydrogen-bond acceptors (Lipinski definition) is 5. The Morgan fingerprint density at radius 2 is 1.85 bits per heavy atom. The van der Waals surface area contributed by atoms with E-state index in [1.165, 1.54) is 29.4 Å². The molecule has 8 heteroatoms. The van der Waals surface area contributed by atoms with Crippen LogP contribution in [0.25, 0.3) is 5.76 Å². The number of rotatable bonds is 5. The first-order valence-corrected chi connectivity index (χ1v) is 10.6. The van der Waals surface area contributed by atoms with Crippen molar-refractivity contribution in [2.75, 3.05) is 4.90 Å². The van der Waals surface area contributed by atoms with Gasteiger partial charge in [0, 0.05) is 23.6 Å². The molecule has 0 radical (unpaired) electrons. The number of aliphatic hydroxyl groups is 1. The van der Waals surface area contributed by atoms with Gasteiger partial charge in [0.15, 0.2) is 0 Å². The van der Waals surface area contributed by atoms with E-state index in [4.69, 9.17) is 16.3 Å². The van der Waals surface area contributed by atoms with Crippen LogP contribution in [0.1, 0.15) is 31.0 Å². The number of pyridine rings is 1. The number of ketones is 1. The van der Waals surface area contributed by atoms with Gasteiger partial charge in [-0.15, -0.1) is 0 Å². The molecule has 3 aromatic rings. The number of ether oxygens (including phenoxy) is 1. The summed E-state index contributed by atoms with van der Waals surface area (Å²) in [5.74, 6) is -2.23. The number of aliphatic hydroxyl groups excluding tert-OH is 1. The minimum Gasteiger partial charge on any atom is -0.507 e. The Kier molecular flexibility index (Phi) is 6.16. The van der Waals surface area contributed by atoms with Gasteiger partial charge in [-0.3, -0.25) is 19.5 Å². The summed E-state index contributed by atoms with van der Waals surface area (Å²) in [7, 11) is 0. The Bertz CT molecular complexity index is 1260. The van der Waals surface area contributed by atoms with Gasteiger partial charge in [-0.2, -0.15) is 0 Å². The van der Waals surface area contributed by atoms with Crippen molar-refractivity contribution in [3.63, 3.8) is 0 Å². The van der Waals surface area contributed by atoms with Gasteiger partial charge in [0.2, 0.25) is 0 Å². The zero-order chi connectivity index (χ0) is 23.7. The fraction of sp³-hybridized carbons (Fsp3) is 0.160. The van der Waals surface area contributed by atoms with E-state index in [0.717, 1.165) is 6.07 Å². The highest BCUT2D eigenvalue weighted by atomic mass is 35.5. The molecule has 1 aliphatic heterocycles. The van der Waals surface area contributed by atoms with E-state index in [1.807, 2.05) is 13.8 Å². The molecular formula is C25H20ClFN2O4. The maximum Gasteiger partial charge on any atom is 0.300 e. The number of nitrogens with zero attached hydrogens (tertiary/aromatic N) is 2. The average Bonchev–Trinajstić information content (AvgIpc) is 3.06. The first kappa shape index (κ1) is 22.5. The molecule has 2 heterocycles. The largest absolute Gasteiger partial charge is 0.507 e. The maximum absolute atomic E-state index is 13.8. The number of hydrogen-bond donors (Lipinski definition) is 1. The molecule has 1 aliphatic rings. The molecule has 0 aliphatic carbocycles. The van der Waals surface area contributed by atoms with Crippen LogP contribution in [0.15, 0.2) is 72.6 Å². The molecule has 0 bridgehead atoms. The number of carbonyl (C=O) groups is 2. The predicted octanol–water partition coefficient (Wildman–Crippen LogP) is 5.29. The van der Waals surface area contributed by atoms with Crippen molar-refractivity contribution in [1.82, 2.24) is 4.98 Å². The summed E-state index contributed by atoms with van der Waals surface area (Å²) in [6, 6.07) is 12.7. The van der Waals surface area contributed by atoms with Gasteiger partial charge in [0.05, 0.1) is 22.7 Å². The topological polar surface area (TPSA) is 79.7 Å². The van der Waals surface area contributed by atoms with Gasteiger partial charge >= 0.3 is 0 Å². The Morgan fingerprint density at radius 3 is 2.52 bits per heavy atom. The third-order valence-corrected chi connectivity index (χ3v) is 5.42. The lowest BCUT2D eigenvalue weighted by atomic mass is 9.95. The molecule has 6 nitrogen and oxygen atoms in total. The number of anilines is 1. The molecule has 1 amide bonds. The molecule has 1 aromatic heterocycles. The second kappa shape index (κ2) is 9.03. The second-order valence-electron chi connectivity index (χ2n) is 7.74. The Hall–Kier alpha value is -3.71. The summed E-state index contributed by atoms with van der Waals surface area (Å²) in [4.78, 5) is 31.4. The zero-order valence-electron chi connectivity index (χ0n) is 17.8. The highest BCUT2D eigenvalue weighted by Gasteiger charge is 2.47. The monoisotopic (exact) mass is 466 g/mol. The van der Waals surface area contributed by atoms with Crippen molar-refractivity contribution in [2.24, 2.45) is 0 Å². The van der Waals surface area contributed by atoms with Crippen molar-refractivity contribution in [1.29, 1.82) is 0 Å². The van der Waals surface area contributed by atoms with Crippen LogP contribution in [0.5, 0.6) is 5.75 Å². The van der Waals surface area contributed by atoms with Crippen LogP contribution in [-0.2, 0) is 9.59 Å². The molecule has 4 rings (SSSR count). The summed E-state index contributed by atoms with van der Waals surface area (Å²) in [6.07, 6.45) is 2.95. The number of benzene rings is 2. The average molecular weight is 467 g/mol. The number of Topliss-reactive ketones (excluding diaryl/α,β-unsaturated/α-hetero) is 1. The molecule has 1 unspecified atom stereocenters. The van der Waals surface area contributed by atoms with Crippen molar-refractivity contribution in [3.8, 4) is 5.75 Å².